The van der Waals surface area contributed by atoms with Crippen molar-refractivity contribution in [3.8, 4) is 6.07 Å². The van der Waals surface area contributed by atoms with Crippen LogP contribution in [0.1, 0.15) is 24.9 Å². The highest BCUT2D eigenvalue weighted by atomic mass is 14.9. The van der Waals surface area contributed by atoms with Gasteiger partial charge in [-0.15, -0.1) is 0 Å². The van der Waals surface area contributed by atoms with Gasteiger partial charge in [-0.05, 0) is 6.42 Å². The van der Waals surface area contributed by atoms with E-state index in [-0.39, 0.29) is 0 Å². The fraction of sp³-hybridized carbons (Fsp3) is 0.500. The van der Waals surface area contributed by atoms with E-state index in [1.807, 2.05) is 6.20 Å². The number of rotatable bonds is 3. The number of aromatic nitrogens is 2. The fourth-order valence-corrected chi connectivity index (χ4v) is 0.887. The van der Waals surface area contributed by atoms with Gasteiger partial charge < -0.3 is 4.98 Å². The highest BCUT2D eigenvalue weighted by Gasteiger charge is 1.96. The van der Waals surface area contributed by atoms with Crippen LogP contribution in [0.25, 0.3) is 0 Å². The van der Waals surface area contributed by atoms with Crippen LogP contribution in [0, 0.1) is 11.3 Å². The molecule has 58 valence electrons. The van der Waals surface area contributed by atoms with Gasteiger partial charge in [0.2, 0.25) is 0 Å². The maximum Gasteiger partial charge on any atom is 0.107 e. The Balaban J connectivity index is 2.53. The number of hydrogen-bond acceptors (Lipinski definition) is 2. The summed E-state index contributed by atoms with van der Waals surface area (Å²) in [4.78, 5) is 7.25. The van der Waals surface area contributed by atoms with Crippen LogP contribution in [0.15, 0.2) is 6.20 Å². The Labute approximate surface area is 66.1 Å². The Kier molecular flexibility index (Phi) is 2.67. The summed E-state index contributed by atoms with van der Waals surface area (Å²) >= 11 is 0. The van der Waals surface area contributed by atoms with Crippen molar-refractivity contribution in [2.45, 2.75) is 26.2 Å². The molecule has 0 saturated carbocycles. The lowest BCUT2D eigenvalue weighted by molar-refractivity contribution is 0.905. The van der Waals surface area contributed by atoms with Gasteiger partial charge >= 0.3 is 0 Å². The minimum Gasteiger partial charge on any atom is -0.346 e. The predicted molar refractivity (Wildman–Crippen MR) is 41.9 cm³/mol. The third-order valence-electron chi connectivity index (χ3n) is 1.54. The molecule has 1 heterocycles. The van der Waals surface area contributed by atoms with E-state index in [4.69, 9.17) is 5.26 Å². The van der Waals surface area contributed by atoms with E-state index in [1.165, 1.54) is 0 Å². The van der Waals surface area contributed by atoms with Gasteiger partial charge in [-0.3, -0.25) is 0 Å². The summed E-state index contributed by atoms with van der Waals surface area (Å²) in [6.45, 7) is 2.07. The van der Waals surface area contributed by atoms with Crippen LogP contribution in [0.5, 0.6) is 0 Å². The molecule has 3 nitrogen and oxygen atoms in total. The zero-order valence-corrected chi connectivity index (χ0v) is 6.59. The van der Waals surface area contributed by atoms with Gasteiger partial charge in [-0.1, -0.05) is 6.92 Å². The molecule has 0 radical (unpaired) electrons. The molecule has 0 amide bonds. The summed E-state index contributed by atoms with van der Waals surface area (Å²) in [6, 6.07) is 2.08. The van der Waals surface area contributed by atoms with E-state index < -0.39 is 0 Å². The molecule has 0 spiro atoms. The van der Waals surface area contributed by atoms with Gasteiger partial charge in [-0.25, -0.2) is 4.98 Å². The van der Waals surface area contributed by atoms with Gasteiger partial charge in [0.15, 0.2) is 0 Å². The number of hydrogen-bond donors (Lipinski definition) is 1. The molecule has 0 aliphatic rings. The molecule has 1 aromatic heterocycles. The Morgan fingerprint density at radius 1 is 1.73 bits per heavy atom. The SMILES string of the molecule is CCc1cnc(CCC#N)[nH]1. The van der Waals surface area contributed by atoms with Gasteiger partial charge in [-0.2, -0.15) is 5.26 Å². The zero-order chi connectivity index (χ0) is 8.10. The molecular weight excluding hydrogens is 138 g/mol. The lowest BCUT2D eigenvalue weighted by Crippen LogP contribution is -1.86. The first-order valence-electron chi connectivity index (χ1n) is 3.76. The normalized spacial score (nSPS) is 9.45. The molecular formula is C8H11N3. The van der Waals surface area contributed by atoms with E-state index in [0.29, 0.717) is 6.42 Å². The minimum atomic E-state index is 0.538. The quantitative estimate of drug-likeness (QED) is 0.706. The predicted octanol–water partition coefficient (Wildman–Crippen LogP) is 1.43. The van der Waals surface area contributed by atoms with Crippen LogP contribution >= 0.6 is 0 Å². The van der Waals surface area contributed by atoms with Gasteiger partial charge in [0, 0.05) is 24.7 Å². The summed E-state index contributed by atoms with van der Waals surface area (Å²) in [5.74, 6) is 0.920. The van der Waals surface area contributed by atoms with Crippen LogP contribution in [-0.2, 0) is 12.8 Å². The number of H-pyrrole nitrogens is 1. The molecule has 11 heavy (non-hydrogen) atoms. The van der Waals surface area contributed by atoms with Crippen LogP contribution in [0.4, 0.5) is 0 Å². The zero-order valence-electron chi connectivity index (χ0n) is 6.59. The van der Waals surface area contributed by atoms with Gasteiger partial charge in [0.05, 0.1) is 6.07 Å². The Hall–Kier alpha value is -1.30. The maximum absolute atomic E-state index is 8.30. The number of nitriles is 1. The van der Waals surface area contributed by atoms with Crippen molar-refractivity contribution in [1.29, 1.82) is 5.26 Å². The first-order chi connectivity index (χ1) is 5.36. The first-order valence-corrected chi connectivity index (χ1v) is 3.76. The van der Waals surface area contributed by atoms with Crippen molar-refractivity contribution >= 4 is 0 Å². The molecule has 1 rings (SSSR count). The summed E-state index contributed by atoms with van der Waals surface area (Å²) in [6.07, 6.45) is 4.07. The summed E-state index contributed by atoms with van der Waals surface area (Å²) in [7, 11) is 0. The molecule has 0 aromatic carbocycles. The second kappa shape index (κ2) is 3.77. The van der Waals surface area contributed by atoms with Crippen molar-refractivity contribution < 1.29 is 0 Å². The highest BCUT2D eigenvalue weighted by Crippen LogP contribution is 1.99. The van der Waals surface area contributed by atoms with E-state index in [2.05, 4.69) is 23.0 Å². The average molecular weight is 149 g/mol. The summed E-state index contributed by atoms with van der Waals surface area (Å²) in [5, 5.41) is 8.30. The third kappa shape index (κ3) is 2.08. The minimum absolute atomic E-state index is 0.538. The number of nitrogens with one attached hydrogen (secondary N) is 1. The smallest absolute Gasteiger partial charge is 0.107 e. The Morgan fingerprint density at radius 3 is 3.09 bits per heavy atom. The largest absolute Gasteiger partial charge is 0.346 e. The summed E-state index contributed by atoms with van der Waals surface area (Å²) in [5.41, 5.74) is 1.14. The van der Waals surface area contributed by atoms with Gasteiger partial charge in [0.1, 0.15) is 5.82 Å². The molecule has 0 atom stereocenters. The van der Waals surface area contributed by atoms with E-state index in [1.54, 1.807) is 0 Å². The fourth-order valence-electron chi connectivity index (χ4n) is 0.887. The van der Waals surface area contributed by atoms with E-state index in [9.17, 15) is 0 Å². The third-order valence-corrected chi connectivity index (χ3v) is 1.54. The highest BCUT2D eigenvalue weighted by molar-refractivity contribution is 5.01. The molecule has 0 aliphatic heterocycles. The number of imidazole rings is 1. The molecule has 0 aliphatic carbocycles. The number of aryl methyl sites for hydroxylation is 2. The Morgan fingerprint density at radius 2 is 2.55 bits per heavy atom. The van der Waals surface area contributed by atoms with E-state index >= 15 is 0 Å². The van der Waals surface area contributed by atoms with Crippen LogP contribution < -0.4 is 0 Å². The second-order valence-corrected chi connectivity index (χ2v) is 2.37. The monoisotopic (exact) mass is 149 g/mol. The van der Waals surface area contributed by atoms with Gasteiger partial charge in [0.25, 0.3) is 0 Å². The lowest BCUT2D eigenvalue weighted by Gasteiger charge is -1.88. The molecule has 3 heteroatoms. The van der Waals surface area contributed by atoms with Crippen LogP contribution in [0.2, 0.25) is 0 Å². The lowest BCUT2D eigenvalue weighted by atomic mass is 10.3. The molecule has 1 aromatic rings. The van der Waals surface area contributed by atoms with Crippen LogP contribution in [0.3, 0.4) is 0 Å². The van der Waals surface area contributed by atoms with Crippen molar-refractivity contribution in [3.05, 3.63) is 17.7 Å². The second-order valence-electron chi connectivity index (χ2n) is 2.37. The number of aromatic amines is 1. The van der Waals surface area contributed by atoms with Crippen molar-refractivity contribution in [3.63, 3.8) is 0 Å². The van der Waals surface area contributed by atoms with E-state index in [0.717, 1.165) is 24.4 Å². The van der Waals surface area contributed by atoms with Crippen molar-refractivity contribution in [2.24, 2.45) is 0 Å². The molecule has 0 unspecified atom stereocenters. The maximum atomic E-state index is 8.30. The molecule has 0 fully saturated rings. The van der Waals surface area contributed by atoms with Crippen LogP contribution in [-0.4, -0.2) is 9.97 Å². The average Bonchev–Trinajstić information content (AvgIpc) is 2.48. The summed E-state index contributed by atoms with van der Waals surface area (Å²) < 4.78 is 0. The van der Waals surface area contributed by atoms with Crippen molar-refractivity contribution in [2.75, 3.05) is 0 Å². The first kappa shape index (κ1) is 7.80. The molecule has 0 bridgehead atoms. The Bertz CT molecular complexity index is 257. The standard InChI is InChI=1S/C8H11N3/c1-2-7-6-10-8(11-7)4-3-5-9/h6H,2-4H2,1H3,(H,10,11). The number of nitrogens with zero attached hydrogens (tertiary/aromatic N) is 2. The molecule has 1 N–H and O–H groups in total. The topological polar surface area (TPSA) is 52.5 Å². The van der Waals surface area contributed by atoms with Crippen molar-refractivity contribution in [1.82, 2.24) is 9.97 Å². The molecule has 0 saturated heterocycles.